The van der Waals surface area contributed by atoms with Gasteiger partial charge in [-0.3, -0.25) is 9.78 Å². The molecule has 1 heterocycles. The second-order valence-electron chi connectivity index (χ2n) is 3.41. The van der Waals surface area contributed by atoms with Crippen molar-refractivity contribution in [2.24, 2.45) is 0 Å². The number of nitrogens with one attached hydrogen (secondary N) is 1. The van der Waals surface area contributed by atoms with E-state index in [0.717, 1.165) is 17.7 Å². The Labute approximate surface area is 90.2 Å². The number of pyridine rings is 1. The van der Waals surface area contributed by atoms with Crippen molar-refractivity contribution in [3.05, 3.63) is 35.7 Å². The second-order valence-corrected chi connectivity index (χ2v) is 3.41. The van der Waals surface area contributed by atoms with E-state index in [2.05, 4.69) is 10.3 Å². The third-order valence-corrected chi connectivity index (χ3v) is 1.93. The minimum Gasteiger partial charge on any atom is -0.356 e. The van der Waals surface area contributed by atoms with Crippen LogP contribution in [-0.4, -0.2) is 17.4 Å². The SMILES string of the molecule is CC(=O)NCCC=Cc1ccc(C)nc1. The van der Waals surface area contributed by atoms with Gasteiger partial charge in [-0.15, -0.1) is 0 Å². The molecule has 0 saturated heterocycles. The number of amides is 1. The third-order valence-electron chi connectivity index (χ3n) is 1.93. The monoisotopic (exact) mass is 204 g/mol. The summed E-state index contributed by atoms with van der Waals surface area (Å²) in [7, 11) is 0. The van der Waals surface area contributed by atoms with Gasteiger partial charge in [-0.1, -0.05) is 18.2 Å². The van der Waals surface area contributed by atoms with E-state index in [9.17, 15) is 4.79 Å². The predicted molar refractivity (Wildman–Crippen MR) is 61.3 cm³/mol. The van der Waals surface area contributed by atoms with Gasteiger partial charge >= 0.3 is 0 Å². The summed E-state index contributed by atoms with van der Waals surface area (Å²) in [5.74, 6) is 0.0143. The lowest BCUT2D eigenvalue weighted by Crippen LogP contribution is -2.20. The molecule has 0 aliphatic rings. The quantitative estimate of drug-likeness (QED) is 0.761. The minimum atomic E-state index is 0.0143. The van der Waals surface area contributed by atoms with E-state index in [-0.39, 0.29) is 5.91 Å². The van der Waals surface area contributed by atoms with Crippen LogP contribution in [0.25, 0.3) is 6.08 Å². The summed E-state index contributed by atoms with van der Waals surface area (Å²) in [4.78, 5) is 14.8. The summed E-state index contributed by atoms with van der Waals surface area (Å²) < 4.78 is 0. The number of aryl methyl sites for hydroxylation is 1. The zero-order valence-electron chi connectivity index (χ0n) is 9.16. The number of carbonyl (C=O) groups excluding carboxylic acids is 1. The lowest BCUT2D eigenvalue weighted by Gasteiger charge is -1.97. The molecule has 0 radical (unpaired) electrons. The van der Waals surface area contributed by atoms with Crippen molar-refractivity contribution >= 4 is 12.0 Å². The van der Waals surface area contributed by atoms with Crippen LogP contribution in [0.2, 0.25) is 0 Å². The summed E-state index contributed by atoms with van der Waals surface area (Å²) in [5, 5.41) is 2.74. The minimum absolute atomic E-state index is 0.0143. The molecule has 0 aliphatic heterocycles. The molecule has 0 atom stereocenters. The van der Waals surface area contributed by atoms with Crippen LogP contribution in [0, 0.1) is 6.92 Å². The summed E-state index contributed by atoms with van der Waals surface area (Å²) in [6, 6.07) is 4.00. The summed E-state index contributed by atoms with van der Waals surface area (Å²) >= 11 is 0. The van der Waals surface area contributed by atoms with Crippen molar-refractivity contribution < 1.29 is 4.79 Å². The molecule has 0 aromatic carbocycles. The van der Waals surface area contributed by atoms with Gasteiger partial charge < -0.3 is 5.32 Å². The van der Waals surface area contributed by atoms with Crippen LogP contribution in [0.1, 0.15) is 24.6 Å². The number of rotatable bonds is 4. The fourth-order valence-electron chi connectivity index (χ4n) is 1.13. The molecule has 1 N–H and O–H groups in total. The Hall–Kier alpha value is -1.64. The van der Waals surface area contributed by atoms with Crippen molar-refractivity contribution in [2.45, 2.75) is 20.3 Å². The number of hydrogen-bond acceptors (Lipinski definition) is 2. The standard InChI is InChI=1S/C12H16N2O/c1-10-6-7-12(9-14-10)5-3-4-8-13-11(2)15/h3,5-7,9H,4,8H2,1-2H3,(H,13,15). The van der Waals surface area contributed by atoms with Gasteiger partial charge in [-0.05, 0) is 25.0 Å². The van der Waals surface area contributed by atoms with Gasteiger partial charge in [0.25, 0.3) is 0 Å². The van der Waals surface area contributed by atoms with Gasteiger partial charge in [0.2, 0.25) is 5.91 Å². The van der Waals surface area contributed by atoms with Gasteiger partial charge in [-0.25, -0.2) is 0 Å². The Morgan fingerprint density at radius 1 is 1.53 bits per heavy atom. The molecule has 3 heteroatoms. The van der Waals surface area contributed by atoms with Crippen LogP contribution in [0.4, 0.5) is 0 Å². The smallest absolute Gasteiger partial charge is 0.216 e. The number of carbonyl (C=O) groups is 1. The first-order valence-corrected chi connectivity index (χ1v) is 5.02. The first kappa shape index (κ1) is 11.4. The molecule has 0 bridgehead atoms. The van der Waals surface area contributed by atoms with E-state index in [1.54, 1.807) is 0 Å². The van der Waals surface area contributed by atoms with E-state index < -0.39 is 0 Å². The molecular weight excluding hydrogens is 188 g/mol. The lowest BCUT2D eigenvalue weighted by atomic mass is 10.2. The highest BCUT2D eigenvalue weighted by Crippen LogP contribution is 2.01. The van der Waals surface area contributed by atoms with Crippen molar-refractivity contribution in [3.8, 4) is 0 Å². The van der Waals surface area contributed by atoms with Gasteiger partial charge in [0.1, 0.15) is 0 Å². The molecule has 80 valence electrons. The maximum absolute atomic E-state index is 10.6. The van der Waals surface area contributed by atoms with Crippen molar-refractivity contribution in [2.75, 3.05) is 6.54 Å². The normalized spacial score (nSPS) is 10.5. The molecule has 0 fully saturated rings. The Balaban J connectivity index is 2.32. The average Bonchev–Trinajstić information content (AvgIpc) is 2.20. The molecule has 0 spiro atoms. The Morgan fingerprint density at radius 3 is 2.93 bits per heavy atom. The van der Waals surface area contributed by atoms with Gasteiger partial charge in [0, 0.05) is 25.4 Å². The summed E-state index contributed by atoms with van der Waals surface area (Å²) in [6.07, 6.45) is 6.72. The molecule has 15 heavy (non-hydrogen) atoms. The largest absolute Gasteiger partial charge is 0.356 e. The van der Waals surface area contributed by atoms with Gasteiger partial charge in [0.15, 0.2) is 0 Å². The van der Waals surface area contributed by atoms with Gasteiger partial charge in [0.05, 0.1) is 0 Å². The zero-order chi connectivity index (χ0) is 11.1. The summed E-state index contributed by atoms with van der Waals surface area (Å²) in [6.45, 7) is 4.17. The number of hydrogen-bond donors (Lipinski definition) is 1. The van der Waals surface area contributed by atoms with E-state index in [4.69, 9.17) is 0 Å². The van der Waals surface area contributed by atoms with Crippen LogP contribution in [0.15, 0.2) is 24.4 Å². The molecule has 0 unspecified atom stereocenters. The third kappa shape index (κ3) is 4.96. The topological polar surface area (TPSA) is 42.0 Å². The Bertz CT molecular complexity index is 341. The van der Waals surface area contributed by atoms with Crippen LogP contribution >= 0.6 is 0 Å². The zero-order valence-corrected chi connectivity index (χ0v) is 9.16. The van der Waals surface area contributed by atoms with Crippen LogP contribution in [-0.2, 0) is 4.79 Å². The highest BCUT2D eigenvalue weighted by Gasteiger charge is 1.88. The Morgan fingerprint density at radius 2 is 2.33 bits per heavy atom. The van der Waals surface area contributed by atoms with E-state index in [0.29, 0.717) is 6.54 Å². The lowest BCUT2D eigenvalue weighted by molar-refractivity contribution is -0.118. The molecule has 1 aromatic rings. The van der Waals surface area contributed by atoms with Crippen molar-refractivity contribution in [1.29, 1.82) is 0 Å². The number of nitrogens with zero attached hydrogens (tertiary/aromatic N) is 1. The van der Waals surface area contributed by atoms with Crippen molar-refractivity contribution in [1.82, 2.24) is 10.3 Å². The van der Waals surface area contributed by atoms with E-state index in [1.807, 2.05) is 37.4 Å². The fraction of sp³-hybridized carbons (Fsp3) is 0.333. The van der Waals surface area contributed by atoms with E-state index >= 15 is 0 Å². The van der Waals surface area contributed by atoms with Gasteiger partial charge in [-0.2, -0.15) is 0 Å². The number of aromatic nitrogens is 1. The molecule has 1 rings (SSSR count). The highest BCUT2D eigenvalue weighted by atomic mass is 16.1. The maximum Gasteiger partial charge on any atom is 0.216 e. The van der Waals surface area contributed by atoms with Crippen LogP contribution in [0.3, 0.4) is 0 Å². The first-order chi connectivity index (χ1) is 7.18. The van der Waals surface area contributed by atoms with Crippen LogP contribution in [0.5, 0.6) is 0 Å². The predicted octanol–water partition coefficient (Wildman–Crippen LogP) is 1.93. The molecular formula is C12H16N2O. The molecule has 0 aliphatic carbocycles. The Kier molecular flexibility index (Phi) is 4.54. The van der Waals surface area contributed by atoms with E-state index in [1.165, 1.54) is 6.92 Å². The van der Waals surface area contributed by atoms with Crippen molar-refractivity contribution in [3.63, 3.8) is 0 Å². The average molecular weight is 204 g/mol. The highest BCUT2D eigenvalue weighted by molar-refractivity contribution is 5.72. The summed E-state index contributed by atoms with van der Waals surface area (Å²) in [5.41, 5.74) is 2.11. The molecule has 0 saturated carbocycles. The second kappa shape index (κ2) is 5.96. The molecule has 3 nitrogen and oxygen atoms in total. The first-order valence-electron chi connectivity index (χ1n) is 5.02. The molecule has 1 aromatic heterocycles. The van der Waals surface area contributed by atoms with Crippen LogP contribution < -0.4 is 5.32 Å². The molecule has 1 amide bonds. The maximum atomic E-state index is 10.6. The fourth-order valence-corrected chi connectivity index (χ4v) is 1.13.